The fraction of sp³-hybridized carbons (Fsp3) is 0. The third kappa shape index (κ3) is 2.81. The van der Waals surface area contributed by atoms with Gasteiger partial charge in [-0.2, -0.15) is 0 Å². The van der Waals surface area contributed by atoms with Gasteiger partial charge >= 0.3 is 0 Å². The van der Waals surface area contributed by atoms with E-state index in [0.717, 1.165) is 5.56 Å². The van der Waals surface area contributed by atoms with Crippen molar-refractivity contribution in [3.05, 3.63) is 88.8 Å². The number of para-hydroxylation sites is 1. The van der Waals surface area contributed by atoms with Gasteiger partial charge < -0.3 is 5.32 Å². The SMILES string of the molecule is O=C(Nc1ccccc1)c1c[nH]n2c(=O)cc(-c3ccccc3)nc12. The Balaban J connectivity index is 1.79. The van der Waals surface area contributed by atoms with E-state index in [-0.39, 0.29) is 11.5 Å². The first kappa shape index (κ1) is 14.9. The lowest BCUT2D eigenvalue weighted by Crippen LogP contribution is -2.16. The summed E-state index contributed by atoms with van der Waals surface area (Å²) in [5, 5.41) is 5.58. The van der Waals surface area contributed by atoms with E-state index in [9.17, 15) is 9.59 Å². The minimum atomic E-state index is -0.331. The van der Waals surface area contributed by atoms with Crippen molar-refractivity contribution in [2.75, 3.05) is 5.32 Å². The molecule has 25 heavy (non-hydrogen) atoms. The average Bonchev–Trinajstić information content (AvgIpc) is 3.08. The molecule has 6 heteroatoms. The van der Waals surface area contributed by atoms with E-state index in [4.69, 9.17) is 0 Å². The fourth-order valence-electron chi connectivity index (χ4n) is 2.63. The Morgan fingerprint density at radius 3 is 2.40 bits per heavy atom. The van der Waals surface area contributed by atoms with E-state index < -0.39 is 0 Å². The minimum absolute atomic E-state index is 0.275. The molecular formula is C19H14N4O2. The summed E-state index contributed by atoms with van der Waals surface area (Å²) in [7, 11) is 0. The van der Waals surface area contributed by atoms with Crippen LogP contribution in [0.4, 0.5) is 5.69 Å². The molecule has 4 aromatic rings. The standard InChI is InChI=1S/C19H14N4O2/c24-17-11-16(13-7-3-1-4-8-13)22-18-15(12-20-23(17)18)19(25)21-14-9-5-2-6-10-14/h1-12,20H,(H,21,25). The summed E-state index contributed by atoms with van der Waals surface area (Å²) in [4.78, 5) is 29.4. The number of carbonyl (C=O) groups is 1. The van der Waals surface area contributed by atoms with Crippen LogP contribution >= 0.6 is 0 Å². The fourth-order valence-corrected chi connectivity index (χ4v) is 2.63. The molecule has 0 aliphatic heterocycles. The highest BCUT2D eigenvalue weighted by Gasteiger charge is 2.16. The summed E-state index contributed by atoms with van der Waals surface area (Å²) in [5.41, 5.74) is 2.34. The summed E-state index contributed by atoms with van der Waals surface area (Å²) >= 11 is 0. The number of nitrogens with zero attached hydrogens (tertiary/aromatic N) is 2. The highest BCUT2D eigenvalue weighted by atomic mass is 16.2. The second kappa shape index (κ2) is 6.09. The highest BCUT2D eigenvalue weighted by molar-refractivity contribution is 6.08. The Morgan fingerprint density at radius 1 is 1.00 bits per heavy atom. The van der Waals surface area contributed by atoms with Gasteiger partial charge in [-0.15, -0.1) is 0 Å². The molecule has 1 amide bonds. The molecule has 2 heterocycles. The maximum absolute atomic E-state index is 12.6. The van der Waals surface area contributed by atoms with Crippen molar-refractivity contribution in [3.8, 4) is 11.3 Å². The van der Waals surface area contributed by atoms with Crippen LogP contribution in [0.5, 0.6) is 0 Å². The van der Waals surface area contributed by atoms with E-state index in [1.165, 1.54) is 16.8 Å². The van der Waals surface area contributed by atoms with E-state index in [2.05, 4.69) is 15.4 Å². The van der Waals surface area contributed by atoms with Gasteiger partial charge in [-0.05, 0) is 12.1 Å². The van der Waals surface area contributed by atoms with Crippen molar-refractivity contribution in [3.63, 3.8) is 0 Å². The molecule has 2 N–H and O–H groups in total. The van der Waals surface area contributed by atoms with Crippen LogP contribution in [0, 0.1) is 0 Å². The molecule has 2 aromatic heterocycles. The van der Waals surface area contributed by atoms with Crippen LogP contribution in [0.3, 0.4) is 0 Å². The molecule has 0 spiro atoms. The number of carbonyl (C=O) groups excluding carboxylic acids is 1. The number of rotatable bonds is 3. The van der Waals surface area contributed by atoms with Crippen LogP contribution in [0.15, 0.2) is 77.7 Å². The van der Waals surface area contributed by atoms with E-state index in [0.29, 0.717) is 22.6 Å². The molecule has 0 fully saturated rings. The maximum Gasteiger partial charge on any atom is 0.273 e. The Morgan fingerprint density at radius 2 is 1.68 bits per heavy atom. The molecule has 0 atom stereocenters. The number of nitrogens with one attached hydrogen (secondary N) is 2. The predicted octanol–water partition coefficient (Wildman–Crippen LogP) is 2.94. The van der Waals surface area contributed by atoms with E-state index in [1.54, 1.807) is 12.1 Å². The summed E-state index contributed by atoms with van der Waals surface area (Å²) in [6.07, 6.45) is 1.48. The Hall–Kier alpha value is -3.67. The average molecular weight is 330 g/mol. The second-order valence-corrected chi connectivity index (χ2v) is 5.51. The molecule has 0 bridgehead atoms. The Labute approximate surface area is 142 Å². The molecule has 4 rings (SSSR count). The van der Waals surface area contributed by atoms with Crippen molar-refractivity contribution >= 4 is 17.2 Å². The number of anilines is 1. The predicted molar refractivity (Wildman–Crippen MR) is 95.6 cm³/mol. The van der Waals surface area contributed by atoms with E-state index in [1.807, 2.05) is 48.5 Å². The van der Waals surface area contributed by atoms with Crippen molar-refractivity contribution in [2.24, 2.45) is 0 Å². The van der Waals surface area contributed by atoms with Crippen LogP contribution in [0.2, 0.25) is 0 Å². The molecular weight excluding hydrogens is 316 g/mol. The zero-order chi connectivity index (χ0) is 17.2. The summed E-state index contributed by atoms with van der Waals surface area (Å²) < 4.78 is 1.26. The van der Waals surface area contributed by atoms with Crippen LogP contribution in [0.1, 0.15) is 10.4 Å². The molecule has 0 aliphatic carbocycles. The Bertz CT molecular complexity index is 1100. The smallest absolute Gasteiger partial charge is 0.273 e. The van der Waals surface area contributed by atoms with Gasteiger partial charge in [-0.1, -0.05) is 48.5 Å². The molecule has 2 aromatic carbocycles. The third-order valence-corrected chi connectivity index (χ3v) is 3.84. The lowest BCUT2D eigenvalue weighted by molar-refractivity contribution is 0.102. The number of hydrogen-bond donors (Lipinski definition) is 2. The van der Waals surface area contributed by atoms with Gasteiger partial charge in [0.2, 0.25) is 0 Å². The van der Waals surface area contributed by atoms with Gasteiger partial charge in [-0.25, -0.2) is 9.50 Å². The lowest BCUT2D eigenvalue weighted by Gasteiger charge is -2.04. The zero-order valence-corrected chi connectivity index (χ0v) is 13.1. The first-order valence-corrected chi connectivity index (χ1v) is 7.75. The van der Waals surface area contributed by atoms with Crippen molar-refractivity contribution in [1.82, 2.24) is 14.6 Å². The molecule has 6 nitrogen and oxygen atoms in total. The first-order valence-electron chi connectivity index (χ1n) is 7.75. The number of aromatic amines is 1. The van der Waals surface area contributed by atoms with Gasteiger partial charge in [0, 0.05) is 23.5 Å². The molecule has 0 radical (unpaired) electrons. The molecule has 0 saturated heterocycles. The molecule has 0 unspecified atom stereocenters. The molecule has 0 saturated carbocycles. The number of fused-ring (bicyclic) bond motifs is 1. The number of hydrogen-bond acceptors (Lipinski definition) is 3. The minimum Gasteiger partial charge on any atom is -0.322 e. The molecule has 122 valence electrons. The van der Waals surface area contributed by atoms with Crippen LogP contribution in [-0.4, -0.2) is 20.5 Å². The number of aromatic nitrogens is 3. The van der Waals surface area contributed by atoms with Gasteiger partial charge in [0.15, 0.2) is 5.65 Å². The van der Waals surface area contributed by atoms with Crippen LogP contribution in [0.25, 0.3) is 16.9 Å². The Kier molecular flexibility index (Phi) is 3.63. The summed E-state index contributed by atoms with van der Waals surface area (Å²) in [6.45, 7) is 0. The number of H-pyrrole nitrogens is 1. The van der Waals surface area contributed by atoms with Gasteiger partial charge in [0.1, 0.15) is 5.56 Å². The quantitative estimate of drug-likeness (QED) is 0.606. The van der Waals surface area contributed by atoms with Gasteiger partial charge in [-0.3, -0.25) is 14.7 Å². The monoisotopic (exact) mass is 330 g/mol. The maximum atomic E-state index is 12.6. The first-order chi connectivity index (χ1) is 12.2. The van der Waals surface area contributed by atoms with Crippen LogP contribution < -0.4 is 10.9 Å². The number of benzene rings is 2. The number of amides is 1. The van der Waals surface area contributed by atoms with Crippen LogP contribution in [-0.2, 0) is 0 Å². The lowest BCUT2D eigenvalue weighted by atomic mass is 10.1. The van der Waals surface area contributed by atoms with Gasteiger partial charge in [0.25, 0.3) is 11.5 Å². The summed E-state index contributed by atoms with van der Waals surface area (Å²) in [6, 6.07) is 19.9. The molecule has 0 aliphatic rings. The van der Waals surface area contributed by atoms with E-state index >= 15 is 0 Å². The zero-order valence-electron chi connectivity index (χ0n) is 13.1. The normalized spacial score (nSPS) is 10.7. The van der Waals surface area contributed by atoms with Crippen molar-refractivity contribution in [1.29, 1.82) is 0 Å². The second-order valence-electron chi connectivity index (χ2n) is 5.51. The van der Waals surface area contributed by atoms with Crippen molar-refractivity contribution < 1.29 is 4.79 Å². The topological polar surface area (TPSA) is 79.3 Å². The summed E-state index contributed by atoms with van der Waals surface area (Å²) in [5.74, 6) is -0.331. The highest BCUT2D eigenvalue weighted by Crippen LogP contribution is 2.17. The third-order valence-electron chi connectivity index (χ3n) is 3.84. The van der Waals surface area contributed by atoms with Gasteiger partial charge in [0.05, 0.1) is 5.69 Å². The largest absolute Gasteiger partial charge is 0.322 e. The van der Waals surface area contributed by atoms with Crippen molar-refractivity contribution in [2.45, 2.75) is 0 Å².